The summed E-state index contributed by atoms with van der Waals surface area (Å²) in [6.07, 6.45) is -0.446. The highest BCUT2D eigenvalue weighted by Gasteiger charge is 2.18. The maximum absolute atomic E-state index is 12.3. The summed E-state index contributed by atoms with van der Waals surface area (Å²) < 4.78 is 35.0. The van der Waals surface area contributed by atoms with Gasteiger partial charge in [0.05, 0.1) is 7.11 Å². The molecule has 1 N–H and O–H groups in total. The van der Waals surface area contributed by atoms with Crippen molar-refractivity contribution in [1.82, 2.24) is 0 Å². The van der Waals surface area contributed by atoms with E-state index in [9.17, 15) is 18.4 Å². The number of carbonyl (C=O) groups excluding carboxylic acids is 2. The fraction of sp³-hybridized carbons (Fsp3) is 0.300. The van der Waals surface area contributed by atoms with Crippen LogP contribution in [0, 0.1) is 0 Å². The maximum atomic E-state index is 12.3. The first-order valence-corrected chi connectivity index (χ1v) is 9.44. The van der Waals surface area contributed by atoms with Crippen LogP contribution in [0.3, 0.4) is 0 Å². The first-order valence-electron chi connectivity index (χ1n) is 8.56. The molecule has 0 aliphatic rings. The van der Waals surface area contributed by atoms with Crippen LogP contribution < -0.4 is 10.1 Å². The van der Waals surface area contributed by atoms with Gasteiger partial charge < -0.3 is 14.8 Å². The Labute approximate surface area is 166 Å². The Morgan fingerprint density at radius 3 is 2.43 bits per heavy atom. The van der Waals surface area contributed by atoms with Crippen molar-refractivity contribution in [3.05, 3.63) is 54.1 Å². The van der Waals surface area contributed by atoms with Crippen molar-refractivity contribution >= 4 is 29.3 Å². The molecule has 2 rings (SSSR count). The summed E-state index contributed by atoms with van der Waals surface area (Å²) in [5.74, 6) is -2.82. The van der Waals surface area contributed by atoms with Crippen molar-refractivity contribution in [3.63, 3.8) is 0 Å². The van der Waals surface area contributed by atoms with Gasteiger partial charge in [0.2, 0.25) is 0 Å². The molecule has 0 bridgehead atoms. The number of rotatable bonds is 9. The standard InChI is InChI=1S/C20H21F2NO4S/c1-13(19(25)23-15-8-10-16(11-9-15)28-20(21)22)27-18(24)12-7-14-5-3-4-6-17(14)26-2/h3-6,8-11,13,20H,7,12H2,1-2H3,(H,23,25)/t13-/m1/s1. The molecule has 0 unspecified atom stereocenters. The second-order valence-corrected chi connectivity index (χ2v) is 6.90. The lowest BCUT2D eigenvalue weighted by atomic mass is 10.1. The molecule has 1 atom stereocenters. The molecule has 5 nitrogen and oxygen atoms in total. The number of methoxy groups -OCH3 is 1. The average Bonchev–Trinajstić information content (AvgIpc) is 2.67. The van der Waals surface area contributed by atoms with E-state index in [-0.39, 0.29) is 6.42 Å². The Hall–Kier alpha value is -2.61. The zero-order valence-electron chi connectivity index (χ0n) is 15.5. The summed E-state index contributed by atoms with van der Waals surface area (Å²) in [6, 6.07) is 13.3. The summed E-state index contributed by atoms with van der Waals surface area (Å²) in [7, 11) is 1.56. The van der Waals surface area contributed by atoms with Gasteiger partial charge in [0.25, 0.3) is 11.7 Å². The number of hydrogen-bond acceptors (Lipinski definition) is 5. The molecule has 0 aliphatic heterocycles. The van der Waals surface area contributed by atoms with Crippen LogP contribution in [0.25, 0.3) is 0 Å². The molecule has 0 heterocycles. The maximum Gasteiger partial charge on any atom is 0.306 e. The molecule has 0 saturated carbocycles. The van der Waals surface area contributed by atoms with Gasteiger partial charge in [-0.2, -0.15) is 8.78 Å². The van der Waals surface area contributed by atoms with Crippen molar-refractivity contribution in [3.8, 4) is 5.75 Å². The number of amides is 1. The summed E-state index contributed by atoms with van der Waals surface area (Å²) in [4.78, 5) is 24.6. The van der Waals surface area contributed by atoms with Gasteiger partial charge in [0.15, 0.2) is 6.10 Å². The Balaban J connectivity index is 1.81. The molecule has 0 aromatic heterocycles. The lowest BCUT2D eigenvalue weighted by molar-refractivity contribution is -0.153. The topological polar surface area (TPSA) is 64.6 Å². The van der Waals surface area contributed by atoms with Crippen molar-refractivity contribution in [2.24, 2.45) is 0 Å². The monoisotopic (exact) mass is 409 g/mol. The van der Waals surface area contributed by atoms with Crippen LogP contribution in [0.4, 0.5) is 14.5 Å². The second-order valence-electron chi connectivity index (χ2n) is 5.84. The quantitative estimate of drug-likeness (QED) is 0.488. The van der Waals surface area contributed by atoms with E-state index in [1.807, 2.05) is 24.3 Å². The number of anilines is 1. The molecular weight excluding hydrogens is 388 g/mol. The molecular formula is C20H21F2NO4S. The van der Waals surface area contributed by atoms with Crippen LogP contribution in [-0.4, -0.2) is 30.8 Å². The highest BCUT2D eigenvalue weighted by Crippen LogP contribution is 2.26. The van der Waals surface area contributed by atoms with Crippen LogP contribution >= 0.6 is 11.8 Å². The SMILES string of the molecule is COc1ccccc1CCC(=O)O[C@H](C)C(=O)Nc1ccc(SC(F)F)cc1. The number of esters is 1. The van der Waals surface area contributed by atoms with Crippen LogP contribution in [0.1, 0.15) is 18.9 Å². The summed E-state index contributed by atoms with van der Waals surface area (Å²) >= 11 is 0.423. The second kappa shape index (κ2) is 10.7. The Bertz CT molecular complexity index is 799. The Kier molecular flexibility index (Phi) is 8.25. The first-order chi connectivity index (χ1) is 13.4. The minimum absolute atomic E-state index is 0.109. The van der Waals surface area contributed by atoms with Crippen LogP contribution in [-0.2, 0) is 20.7 Å². The number of alkyl halides is 2. The number of halogens is 2. The summed E-state index contributed by atoms with van der Waals surface area (Å²) in [6.45, 7) is 1.47. The fourth-order valence-corrected chi connectivity index (χ4v) is 2.92. The van der Waals surface area contributed by atoms with Crippen LogP contribution in [0.2, 0.25) is 0 Å². The largest absolute Gasteiger partial charge is 0.496 e. The predicted molar refractivity (Wildman–Crippen MR) is 104 cm³/mol. The highest BCUT2D eigenvalue weighted by atomic mass is 32.2. The number of thioether (sulfide) groups is 1. The molecule has 28 heavy (non-hydrogen) atoms. The van der Waals surface area contributed by atoms with Gasteiger partial charge in [-0.3, -0.25) is 9.59 Å². The molecule has 0 fully saturated rings. The fourth-order valence-electron chi connectivity index (χ4n) is 2.42. The van der Waals surface area contributed by atoms with Gasteiger partial charge in [-0.1, -0.05) is 30.0 Å². The Morgan fingerprint density at radius 1 is 1.11 bits per heavy atom. The molecule has 1 amide bonds. The number of hydrogen-bond donors (Lipinski definition) is 1. The zero-order valence-corrected chi connectivity index (χ0v) is 16.3. The van der Waals surface area contributed by atoms with E-state index in [1.54, 1.807) is 7.11 Å². The minimum atomic E-state index is -2.50. The van der Waals surface area contributed by atoms with Gasteiger partial charge in [0, 0.05) is 17.0 Å². The first kappa shape index (κ1) is 21.7. The highest BCUT2D eigenvalue weighted by molar-refractivity contribution is 7.99. The molecule has 0 spiro atoms. The van der Waals surface area contributed by atoms with Crippen LogP contribution in [0.15, 0.2) is 53.4 Å². The van der Waals surface area contributed by atoms with E-state index < -0.39 is 23.7 Å². The molecule has 0 radical (unpaired) electrons. The number of nitrogens with one attached hydrogen (secondary N) is 1. The zero-order chi connectivity index (χ0) is 20.5. The van der Waals surface area contributed by atoms with Crippen molar-refractivity contribution in [2.45, 2.75) is 36.5 Å². The van der Waals surface area contributed by atoms with Crippen LogP contribution in [0.5, 0.6) is 5.75 Å². The lowest BCUT2D eigenvalue weighted by Gasteiger charge is -2.14. The molecule has 8 heteroatoms. The van der Waals surface area contributed by atoms with Gasteiger partial charge in [-0.15, -0.1) is 0 Å². The van der Waals surface area contributed by atoms with E-state index in [0.717, 1.165) is 5.56 Å². The predicted octanol–water partition coefficient (Wildman–Crippen LogP) is 4.51. The van der Waals surface area contributed by atoms with Gasteiger partial charge in [0.1, 0.15) is 5.75 Å². The number of carbonyl (C=O) groups is 2. The number of ether oxygens (including phenoxy) is 2. The molecule has 2 aromatic rings. The van der Waals surface area contributed by atoms with E-state index >= 15 is 0 Å². The number of aryl methyl sites for hydroxylation is 1. The van der Waals surface area contributed by atoms with Gasteiger partial charge in [-0.25, -0.2) is 0 Å². The third kappa shape index (κ3) is 6.84. The third-order valence-electron chi connectivity index (χ3n) is 3.82. The van der Waals surface area contributed by atoms with Crippen molar-refractivity contribution < 1.29 is 27.8 Å². The normalized spacial score (nSPS) is 11.8. The summed E-state index contributed by atoms with van der Waals surface area (Å²) in [5.41, 5.74) is 1.31. The van der Waals surface area contributed by atoms with Gasteiger partial charge >= 0.3 is 5.97 Å². The lowest BCUT2D eigenvalue weighted by Crippen LogP contribution is -2.30. The van der Waals surface area contributed by atoms with Crippen molar-refractivity contribution in [2.75, 3.05) is 12.4 Å². The molecule has 150 valence electrons. The minimum Gasteiger partial charge on any atom is -0.496 e. The third-order valence-corrected chi connectivity index (χ3v) is 4.54. The average molecular weight is 409 g/mol. The smallest absolute Gasteiger partial charge is 0.306 e. The van der Waals surface area contributed by atoms with E-state index in [0.29, 0.717) is 34.5 Å². The molecule has 0 aliphatic carbocycles. The molecule has 2 aromatic carbocycles. The van der Waals surface area contributed by atoms with E-state index in [2.05, 4.69) is 5.32 Å². The number of para-hydroxylation sites is 1. The van der Waals surface area contributed by atoms with E-state index in [4.69, 9.17) is 9.47 Å². The van der Waals surface area contributed by atoms with Gasteiger partial charge in [-0.05, 0) is 49.2 Å². The van der Waals surface area contributed by atoms with Crippen molar-refractivity contribution in [1.29, 1.82) is 0 Å². The Morgan fingerprint density at radius 2 is 1.79 bits per heavy atom. The summed E-state index contributed by atoms with van der Waals surface area (Å²) in [5, 5.41) is 2.59. The number of benzene rings is 2. The molecule has 0 saturated heterocycles. The van der Waals surface area contributed by atoms with E-state index in [1.165, 1.54) is 31.2 Å².